The first kappa shape index (κ1) is 24.8. The minimum absolute atomic E-state index is 0.0597. The molecule has 0 aromatic heterocycles. The number of alkyl halides is 1. The van der Waals surface area contributed by atoms with E-state index in [0.717, 1.165) is 11.3 Å². The predicted octanol–water partition coefficient (Wildman–Crippen LogP) is 4.51. The molecule has 9 heteroatoms. The summed E-state index contributed by atoms with van der Waals surface area (Å²) in [5, 5.41) is 5.81. The van der Waals surface area contributed by atoms with Crippen molar-refractivity contribution < 1.29 is 28.1 Å². The number of hydrazone groups is 1. The monoisotopic (exact) mass is 478 g/mol. The molecule has 0 atom stereocenters. The molecule has 2 aromatic rings. The highest BCUT2D eigenvalue weighted by atomic mass is 35.5. The van der Waals surface area contributed by atoms with E-state index in [2.05, 4.69) is 5.10 Å². The lowest BCUT2D eigenvalue weighted by Gasteiger charge is -2.24. The number of carbonyl (C=O) groups excluding carboxylic acids is 1. The number of rotatable bonds is 11. The van der Waals surface area contributed by atoms with Crippen LogP contribution in [0.5, 0.6) is 17.2 Å². The predicted molar refractivity (Wildman–Crippen MR) is 124 cm³/mol. The molecule has 2 aromatic carbocycles. The summed E-state index contributed by atoms with van der Waals surface area (Å²) >= 11 is 5.53. The largest absolute Gasteiger partial charge is 0.493 e. The smallest absolute Gasteiger partial charge is 0.276 e. The van der Waals surface area contributed by atoms with Gasteiger partial charge in [0, 0.05) is 24.1 Å². The van der Waals surface area contributed by atoms with Gasteiger partial charge < -0.3 is 18.9 Å². The Morgan fingerprint density at radius 3 is 2.70 bits per heavy atom. The fraction of sp³-hybridized carbons (Fsp3) is 0.417. The quantitative estimate of drug-likeness (QED) is 0.351. The maximum atomic E-state index is 14.7. The van der Waals surface area contributed by atoms with Crippen LogP contribution in [-0.2, 0) is 4.74 Å². The summed E-state index contributed by atoms with van der Waals surface area (Å²) in [4.78, 5) is 13.0. The van der Waals surface area contributed by atoms with Crippen molar-refractivity contribution >= 4 is 23.2 Å². The zero-order valence-corrected chi connectivity index (χ0v) is 19.6. The molecule has 178 valence electrons. The lowest BCUT2D eigenvalue weighted by molar-refractivity contribution is 0.0746. The minimum Gasteiger partial charge on any atom is -0.493 e. The minimum atomic E-state index is -0.662. The van der Waals surface area contributed by atoms with E-state index in [1.807, 2.05) is 25.1 Å². The lowest BCUT2D eigenvalue weighted by Crippen LogP contribution is -2.32. The molecule has 1 heterocycles. The normalized spacial score (nSPS) is 13.5. The van der Waals surface area contributed by atoms with E-state index in [1.54, 1.807) is 13.2 Å². The van der Waals surface area contributed by atoms with Gasteiger partial charge >= 0.3 is 0 Å². The highest BCUT2D eigenvalue weighted by Crippen LogP contribution is 2.30. The van der Waals surface area contributed by atoms with Gasteiger partial charge in [0.05, 0.1) is 38.2 Å². The van der Waals surface area contributed by atoms with Crippen LogP contribution in [0.25, 0.3) is 0 Å². The van der Waals surface area contributed by atoms with Crippen LogP contribution in [0.4, 0.5) is 4.39 Å². The second kappa shape index (κ2) is 12.4. The van der Waals surface area contributed by atoms with Crippen molar-refractivity contribution in [3.8, 4) is 17.2 Å². The van der Waals surface area contributed by atoms with E-state index in [1.165, 1.54) is 17.1 Å². The van der Waals surface area contributed by atoms with Crippen molar-refractivity contribution in [1.82, 2.24) is 5.01 Å². The zero-order chi connectivity index (χ0) is 23.6. The summed E-state index contributed by atoms with van der Waals surface area (Å²) in [6.07, 6.45) is 1.41. The summed E-state index contributed by atoms with van der Waals surface area (Å²) in [6.45, 7) is 3.83. The number of hydrogen-bond donors (Lipinski definition) is 0. The Morgan fingerprint density at radius 1 is 1.12 bits per heavy atom. The fourth-order valence-electron chi connectivity index (χ4n) is 3.39. The average molecular weight is 479 g/mol. The molecule has 0 fully saturated rings. The van der Waals surface area contributed by atoms with Gasteiger partial charge in [0.15, 0.2) is 11.5 Å². The van der Waals surface area contributed by atoms with Crippen molar-refractivity contribution in [3.63, 3.8) is 0 Å². The third-order valence-electron chi connectivity index (χ3n) is 4.94. The third-order valence-corrected chi connectivity index (χ3v) is 5.10. The van der Waals surface area contributed by atoms with Gasteiger partial charge in [0.1, 0.15) is 18.2 Å². The molecule has 33 heavy (non-hydrogen) atoms. The number of nitrogens with zero attached hydrogens (tertiary/aromatic N) is 2. The Bertz CT molecular complexity index is 985. The Morgan fingerprint density at radius 2 is 1.97 bits per heavy atom. The molecular formula is C24H28ClFN2O5. The molecule has 0 N–H and O–H groups in total. The van der Waals surface area contributed by atoms with Gasteiger partial charge in [-0.1, -0.05) is 0 Å². The maximum absolute atomic E-state index is 14.7. The van der Waals surface area contributed by atoms with Gasteiger partial charge in [-0.2, -0.15) is 5.10 Å². The van der Waals surface area contributed by atoms with E-state index in [9.17, 15) is 9.18 Å². The van der Waals surface area contributed by atoms with Crippen LogP contribution in [0.2, 0.25) is 0 Å². The molecule has 1 aliphatic heterocycles. The van der Waals surface area contributed by atoms with Gasteiger partial charge in [-0.25, -0.2) is 9.40 Å². The number of ether oxygens (including phenoxy) is 4. The number of hydrogen-bond acceptors (Lipinski definition) is 6. The summed E-state index contributed by atoms with van der Waals surface area (Å²) in [7, 11) is 1.58. The Balaban J connectivity index is 1.72. The molecule has 0 aliphatic carbocycles. The van der Waals surface area contributed by atoms with Crippen LogP contribution in [0, 0.1) is 5.82 Å². The van der Waals surface area contributed by atoms with Gasteiger partial charge in [-0.3, -0.25) is 4.79 Å². The fourth-order valence-corrected chi connectivity index (χ4v) is 3.50. The average Bonchev–Trinajstić information content (AvgIpc) is 2.84. The molecule has 1 aliphatic rings. The summed E-state index contributed by atoms with van der Waals surface area (Å²) in [5.74, 6) is 0.796. The molecule has 7 nitrogen and oxygen atoms in total. The van der Waals surface area contributed by atoms with Crippen molar-refractivity contribution in [3.05, 3.63) is 53.3 Å². The van der Waals surface area contributed by atoms with Crippen LogP contribution in [0.15, 0.2) is 41.5 Å². The molecule has 0 bridgehead atoms. The summed E-state index contributed by atoms with van der Waals surface area (Å²) in [6, 6.07) is 9.70. The molecule has 0 saturated heterocycles. The molecule has 0 radical (unpaired) electrons. The number of methoxy groups -OCH3 is 1. The SMILES string of the molecule is CCOc1cc(C2=NN(C(=O)c3ccc(OCCOCCCl)cc3F)CCC2)ccc1OC. The number of halogens is 2. The van der Waals surface area contributed by atoms with Crippen LogP contribution in [0.3, 0.4) is 0 Å². The summed E-state index contributed by atoms with van der Waals surface area (Å²) in [5.41, 5.74) is 1.50. The Kier molecular flexibility index (Phi) is 9.33. The summed E-state index contributed by atoms with van der Waals surface area (Å²) < 4.78 is 36.3. The maximum Gasteiger partial charge on any atom is 0.276 e. The third kappa shape index (κ3) is 6.58. The standard InChI is InChI=1S/C24H28ClFN2O5/c1-3-32-23-15-17(6-9-22(23)30-2)21-5-4-11-28(27-21)24(29)19-8-7-18(16-20(19)26)33-14-13-31-12-10-25/h6-9,15-16H,3-5,10-14H2,1-2H3. The van der Waals surface area contributed by atoms with E-state index < -0.39 is 11.7 Å². The first-order valence-corrected chi connectivity index (χ1v) is 11.4. The van der Waals surface area contributed by atoms with Gasteiger partial charge in [0.2, 0.25) is 0 Å². The Labute approximate surface area is 198 Å². The van der Waals surface area contributed by atoms with Gasteiger partial charge in [0.25, 0.3) is 5.91 Å². The van der Waals surface area contributed by atoms with E-state index >= 15 is 0 Å². The highest BCUT2D eigenvalue weighted by Gasteiger charge is 2.24. The van der Waals surface area contributed by atoms with Crippen LogP contribution >= 0.6 is 11.6 Å². The lowest BCUT2D eigenvalue weighted by atomic mass is 10.0. The molecule has 0 unspecified atom stereocenters. The van der Waals surface area contributed by atoms with Crippen LogP contribution < -0.4 is 14.2 Å². The topological polar surface area (TPSA) is 69.6 Å². The van der Waals surface area contributed by atoms with Crippen molar-refractivity contribution in [2.75, 3.05) is 46.0 Å². The van der Waals surface area contributed by atoms with E-state index in [0.29, 0.717) is 62.3 Å². The Hall–Kier alpha value is -2.84. The van der Waals surface area contributed by atoms with Crippen LogP contribution in [-0.4, -0.2) is 62.6 Å². The van der Waals surface area contributed by atoms with Crippen LogP contribution in [0.1, 0.15) is 35.7 Å². The number of carbonyl (C=O) groups is 1. The molecule has 0 spiro atoms. The molecule has 1 amide bonds. The number of amides is 1. The van der Waals surface area contributed by atoms with Crippen molar-refractivity contribution in [2.24, 2.45) is 5.10 Å². The van der Waals surface area contributed by atoms with E-state index in [-0.39, 0.29) is 12.2 Å². The van der Waals surface area contributed by atoms with Crippen molar-refractivity contribution in [1.29, 1.82) is 0 Å². The molecule has 3 rings (SSSR count). The first-order valence-electron chi connectivity index (χ1n) is 10.8. The van der Waals surface area contributed by atoms with Crippen molar-refractivity contribution in [2.45, 2.75) is 19.8 Å². The first-order chi connectivity index (χ1) is 16.1. The second-order valence-electron chi connectivity index (χ2n) is 7.17. The van der Waals surface area contributed by atoms with Gasteiger partial charge in [-0.05, 0) is 50.1 Å². The van der Waals surface area contributed by atoms with E-state index in [4.69, 9.17) is 30.5 Å². The number of benzene rings is 2. The second-order valence-corrected chi connectivity index (χ2v) is 7.55. The van der Waals surface area contributed by atoms with Gasteiger partial charge in [-0.15, -0.1) is 11.6 Å². The highest BCUT2D eigenvalue weighted by molar-refractivity contribution is 6.17. The molecular weight excluding hydrogens is 451 g/mol. The zero-order valence-electron chi connectivity index (χ0n) is 18.8. The molecule has 0 saturated carbocycles.